The lowest BCUT2D eigenvalue weighted by Crippen LogP contribution is -2.57. The largest absolute Gasteiger partial charge is 0.351 e. The molecule has 1 heterocycles. The van der Waals surface area contributed by atoms with Crippen molar-refractivity contribution in [2.24, 2.45) is 11.7 Å². The fraction of sp³-hybridized carbons (Fsp3) is 0.875. The van der Waals surface area contributed by atoms with Crippen molar-refractivity contribution >= 4 is 6.03 Å². The fourth-order valence-corrected chi connectivity index (χ4v) is 1.59. The molecule has 0 aromatic heterocycles. The normalized spacial score (nSPS) is 24.6. The molecular formula is C8H17N3O. The first-order chi connectivity index (χ1) is 5.63. The quantitative estimate of drug-likeness (QED) is 0.583. The molecule has 1 rings (SSSR count). The van der Waals surface area contributed by atoms with E-state index in [0.717, 1.165) is 19.6 Å². The maximum absolute atomic E-state index is 11.0. The maximum Gasteiger partial charge on any atom is 0.315 e. The number of hydrogen-bond acceptors (Lipinski definition) is 2. The Morgan fingerprint density at radius 3 is 2.75 bits per heavy atom. The van der Waals surface area contributed by atoms with E-state index in [4.69, 9.17) is 5.73 Å². The number of amides is 2. The molecule has 3 N–H and O–H groups in total. The highest BCUT2D eigenvalue weighted by Crippen LogP contribution is 2.11. The molecule has 0 radical (unpaired) electrons. The van der Waals surface area contributed by atoms with Gasteiger partial charge in [0, 0.05) is 25.7 Å². The van der Waals surface area contributed by atoms with Crippen LogP contribution in [0, 0.1) is 5.92 Å². The van der Waals surface area contributed by atoms with Gasteiger partial charge in [0.25, 0.3) is 0 Å². The number of rotatable bonds is 1. The van der Waals surface area contributed by atoms with Gasteiger partial charge in [0.2, 0.25) is 0 Å². The summed E-state index contributed by atoms with van der Waals surface area (Å²) in [7, 11) is 0. The van der Waals surface area contributed by atoms with Crippen LogP contribution in [-0.4, -0.2) is 36.6 Å². The lowest BCUT2D eigenvalue weighted by molar-refractivity contribution is 0.143. The molecule has 1 fully saturated rings. The second-order valence-corrected chi connectivity index (χ2v) is 3.55. The Kier molecular flexibility index (Phi) is 2.92. The lowest BCUT2D eigenvalue weighted by Gasteiger charge is -2.37. The van der Waals surface area contributed by atoms with Crippen LogP contribution in [0.3, 0.4) is 0 Å². The lowest BCUT2D eigenvalue weighted by atomic mass is 10.0. The van der Waals surface area contributed by atoms with Crippen LogP contribution in [0.15, 0.2) is 0 Å². The first-order valence-electron chi connectivity index (χ1n) is 4.39. The number of nitrogens with zero attached hydrogens (tertiary/aromatic N) is 1. The Balaban J connectivity index is 2.60. The van der Waals surface area contributed by atoms with Crippen LogP contribution < -0.4 is 11.1 Å². The van der Waals surface area contributed by atoms with Gasteiger partial charge in [0.1, 0.15) is 0 Å². The van der Waals surface area contributed by atoms with Crippen LogP contribution in [0.4, 0.5) is 4.79 Å². The second-order valence-electron chi connectivity index (χ2n) is 3.55. The van der Waals surface area contributed by atoms with Crippen LogP contribution in [0.2, 0.25) is 0 Å². The molecule has 1 aliphatic rings. The van der Waals surface area contributed by atoms with Gasteiger partial charge < -0.3 is 16.0 Å². The number of urea groups is 1. The standard InChI is InChI=1S/C8H17N3O/c1-6(2)7-5-10-3-4-11(7)8(9)12/h6-7,10H,3-5H2,1-2H3,(H2,9,12). The number of hydrogen-bond donors (Lipinski definition) is 2. The molecule has 0 aromatic rings. The minimum Gasteiger partial charge on any atom is -0.351 e. The number of primary amides is 1. The number of nitrogens with one attached hydrogen (secondary N) is 1. The Hall–Kier alpha value is -0.770. The van der Waals surface area contributed by atoms with Crippen molar-refractivity contribution in [3.05, 3.63) is 0 Å². The predicted octanol–water partition coefficient (Wildman–Crippen LogP) is -0.00510. The molecule has 1 unspecified atom stereocenters. The third-order valence-electron chi connectivity index (χ3n) is 2.34. The van der Waals surface area contributed by atoms with Crippen LogP contribution >= 0.6 is 0 Å². The zero-order valence-corrected chi connectivity index (χ0v) is 7.71. The molecule has 4 heteroatoms. The summed E-state index contributed by atoms with van der Waals surface area (Å²) in [4.78, 5) is 12.7. The average Bonchev–Trinajstić information content (AvgIpc) is 2.04. The van der Waals surface area contributed by atoms with E-state index < -0.39 is 0 Å². The van der Waals surface area contributed by atoms with Crippen LogP contribution in [0.25, 0.3) is 0 Å². The van der Waals surface area contributed by atoms with Crippen LogP contribution in [0.5, 0.6) is 0 Å². The highest BCUT2D eigenvalue weighted by atomic mass is 16.2. The van der Waals surface area contributed by atoms with Gasteiger partial charge in [0.15, 0.2) is 0 Å². The smallest absolute Gasteiger partial charge is 0.315 e. The zero-order valence-electron chi connectivity index (χ0n) is 7.71. The van der Waals surface area contributed by atoms with E-state index in [9.17, 15) is 4.79 Å². The van der Waals surface area contributed by atoms with E-state index in [1.165, 1.54) is 0 Å². The van der Waals surface area contributed by atoms with Crippen molar-refractivity contribution < 1.29 is 4.79 Å². The molecule has 2 amide bonds. The van der Waals surface area contributed by atoms with Crippen molar-refractivity contribution in [1.82, 2.24) is 10.2 Å². The van der Waals surface area contributed by atoms with E-state index in [2.05, 4.69) is 19.2 Å². The van der Waals surface area contributed by atoms with Crippen molar-refractivity contribution in [2.45, 2.75) is 19.9 Å². The van der Waals surface area contributed by atoms with Crippen molar-refractivity contribution in [2.75, 3.05) is 19.6 Å². The number of nitrogens with two attached hydrogens (primary N) is 1. The summed E-state index contributed by atoms with van der Waals surface area (Å²) < 4.78 is 0. The third kappa shape index (κ3) is 1.88. The van der Waals surface area contributed by atoms with Crippen LogP contribution in [-0.2, 0) is 0 Å². The number of carbonyl (C=O) groups excluding carboxylic acids is 1. The van der Waals surface area contributed by atoms with E-state index >= 15 is 0 Å². The predicted molar refractivity (Wildman–Crippen MR) is 47.8 cm³/mol. The minimum atomic E-state index is -0.296. The van der Waals surface area contributed by atoms with Gasteiger partial charge >= 0.3 is 6.03 Å². The highest BCUT2D eigenvalue weighted by molar-refractivity contribution is 5.72. The van der Waals surface area contributed by atoms with E-state index in [0.29, 0.717) is 5.92 Å². The van der Waals surface area contributed by atoms with Gasteiger partial charge in [-0.2, -0.15) is 0 Å². The van der Waals surface area contributed by atoms with Crippen molar-refractivity contribution in [1.29, 1.82) is 0 Å². The van der Waals surface area contributed by atoms with Gasteiger partial charge in [0.05, 0.1) is 0 Å². The molecule has 0 spiro atoms. The highest BCUT2D eigenvalue weighted by Gasteiger charge is 2.26. The molecule has 0 bridgehead atoms. The monoisotopic (exact) mass is 171 g/mol. The SMILES string of the molecule is CC(C)C1CNCCN1C(N)=O. The molecule has 0 aromatic carbocycles. The molecule has 1 aliphatic heterocycles. The number of piperazine rings is 1. The second kappa shape index (κ2) is 3.76. The van der Waals surface area contributed by atoms with Gasteiger partial charge in [-0.3, -0.25) is 0 Å². The molecule has 0 aliphatic carbocycles. The first-order valence-corrected chi connectivity index (χ1v) is 4.39. The van der Waals surface area contributed by atoms with Gasteiger partial charge in [-0.15, -0.1) is 0 Å². The van der Waals surface area contributed by atoms with Crippen molar-refractivity contribution in [3.63, 3.8) is 0 Å². The molecule has 0 saturated carbocycles. The summed E-state index contributed by atoms with van der Waals surface area (Å²) in [6.07, 6.45) is 0. The Morgan fingerprint density at radius 2 is 2.33 bits per heavy atom. The molecule has 70 valence electrons. The van der Waals surface area contributed by atoms with E-state index in [1.54, 1.807) is 4.90 Å². The molecule has 1 atom stereocenters. The Bertz CT molecular complexity index is 170. The third-order valence-corrected chi connectivity index (χ3v) is 2.34. The van der Waals surface area contributed by atoms with Crippen LogP contribution in [0.1, 0.15) is 13.8 Å². The summed E-state index contributed by atoms with van der Waals surface area (Å²) in [5, 5.41) is 3.25. The summed E-state index contributed by atoms with van der Waals surface area (Å²) in [5.41, 5.74) is 5.25. The van der Waals surface area contributed by atoms with E-state index in [1.807, 2.05) is 0 Å². The average molecular weight is 171 g/mol. The maximum atomic E-state index is 11.0. The summed E-state index contributed by atoms with van der Waals surface area (Å²) in [6, 6.07) is -0.0357. The van der Waals surface area contributed by atoms with Crippen molar-refractivity contribution in [3.8, 4) is 0 Å². The minimum absolute atomic E-state index is 0.260. The molecule has 4 nitrogen and oxygen atoms in total. The summed E-state index contributed by atoms with van der Waals surface area (Å²) >= 11 is 0. The summed E-state index contributed by atoms with van der Waals surface area (Å²) in [5.74, 6) is 0.463. The van der Waals surface area contributed by atoms with Gasteiger partial charge in [-0.25, -0.2) is 4.79 Å². The fourth-order valence-electron chi connectivity index (χ4n) is 1.59. The Morgan fingerprint density at radius 1 is 1.67 bits per heavy atom. The number of carbonyl (C=O) groups is 1. The molecular weight excluding hydrogens is 154 g/mol. The summed E-state index contributed by atoms with van der Waals surface area (Å²) in [6.45, 7) is 6.66. The zero-order chi connectivity index (χ0) is 9.14. The molecule has 1 saturated heterocycles. The topological polar surface area (TPSA) is 58.4 Å². The van der Waals surface area contributed by atoms with Gasteiger partial charge in [-0.1, -0.05) is 13.8 Å². The van der Waals surface area contributed by atoms with Gasteiger partial charge in [-0.05, 0) is 5.92 Å². The Labute approximate surface area is 73.1 Å². The molecule has 12 heavy (non-hydrogen) atoms. The van der Waals surface area contributed by atoms with E-state index in [-0.39, 0.29) is 12.1 Å². The first kappa shape index (κ1) is 9.32.